The maximum absolute atomic E-state index is 5.40. The average molecular weight is 321 g/mol. The van der Waals surface area contributed by atoms with Crippen molar-refractivity contribution in [2.75, 3.05) is 11.9 Å². The van der Waals surface area contributed by atoms with Crippen LogP contribution >= 0.6 is 12.2 Å². The van der Waals surface area contributed by atoms with Crippen LogP contribution in [0.1, 0.15) is 71.3 Å². The molecule has 2 atom stereocenters. The smallest absolute Gasteiger partial charge is 0.170 e. The van der Waals surface area contributed by atoms with Crippen LogP contribution in [0.25, 0.3) is 0 Å². The third-order valence-electron chi connectivity index (χ3n) is 4.44. The Balaban J connectivity index is 2.41. The molecular weight excluding hydrogens is 288 g/mol. The summed E-state index contributed by atoms with van der Waals surface area (Å²) in [6.45, 7) is 9.95. The van der Waals surface area contributed by atoms with Crippen LogP contribution in [-0.4, -0.2) is 11.7 Å². The fourth-order valence-electron chi connectivity index (χ4n) is 2.49. The quantitative estimate of drug-likeness (QED) is 0.570. The maximum Gasteiger partial charge on any atom is 0.170 e. The molecule has 0 aliphatic carbocycles. The van der Waals surface area contributed by atoms with Gasteiger partial charge in [-0.15, -0.1) is 0 Å². The van der Waals surface area contributed by atoms with E-state index in [2.05, 4.69) is 62.6 Å². The molecule has 0 unspecified atom stereocenters. The van der Waals surface area contributed by atoms with Gasteiger partial charge in [0, 0.05) is 12.2 Å². The van der Waals surface area contributed by atoms with Crippen molar-refractivity contribution >= 4 is 23.0 Å². The zero-order chi connectivity index (χ0) is 16.4. The normalized spacial score (nSPS) is 13.5. The highest BCUT2D eigenvalue weighted by molar-refractivity contribution is 7.80. The summed E-state index contributed by atoms with van der Waals surface area (Å²) < 4.78 is 0. The first-order chi connectivity index (χ1) is 10.6. The van der Waals surface area contributed by atoms with Crippen LogP contribution in [0.3, 0.4) is 0 Å². The van der Waals surface area contributed by atoms with Crippen molar-refractivity contribution in [3.05, 3.63) is 29.8 Å². The fourth-order valence-corrected chi connectivity index (χ4v) is 2.69. The number of thiocarbonyl (C=S) groups is 1. The van der Waals surface area contributed by atoms with Crippen molar-refractivity contribution in [2.24, 2.45) is 5.92 Å². The van der Waals surface area contributed by atoms with E-state index in [9.17, 15) is 0 Å². The minimum absolute atomic E-state index is 0.614. The molecule has 0 aromatic heterocycles. The first kappa shape index (κ1) is 19.0. The van der Waals surface area contributed by atoms with E-state index in [0.29, 0.717) is 11.8 Å². The Kier molecular flexibility index (Phi) is 9.14. The van der Waals surface area contributed by atoms with Gasteiger partial charge in [0.2, 0.25) is 0 Å². The molecule has 2 N–H and O–H groups in total. The molecule has 1 aromatic carbocycles. The lowest BCUT2D eigenvalue weighted by molar-refractivity contribution is 0.446. The van der Waals surface area contributed by atoms with Crippen molar-refractivity contribution in [1.82, 2.24) is 5.32 Å². The van der Waals surface area contributed by atoms with E-state index >= 15 is 0 Å². The second-order valence-electron chi connectivity index (χ2n) is 6.18. The van der Waals surface area contributed by atoms with Gasteiger partial charge in [-0.05, 0) is 54.6 Å². The number of benzene rings is 1. The molecule has 1 rings (SSSR count). The third kappa shape index (κ3) is 6.78. The van der Waals surface area contributed by atoms with Gasteiger partial charge < -0.3 is 10.6 Å². The van der Waals surface area contributed by atoms with E-state index in [0.717, 1.165) is 17.3 Å². The molecule has 0 aliphatic heterocycles. The van der Waals surface area contributed by atoms with Crippen LogP contribution < -0.4 is 10.6 Å². The molecule has 0 radical (unpaired) electrons. The topological polar surface area (TPSA) is 24.1 Å². The van der Waals surface area contributed by atoms with E-state index < -0.39 is 0 Å². The summed E-state index contributed by atoms with van der Waals surface area (Å²) in [6.07, 6.45) is 6.23. The van der Waals surface area contributed by atoms with E-state index in [1.165, 1.54) is 37.7 Å². The maximum atomic E-state index is 5.40. The second kappa shape index (κ2) is 10.6. The summed E-state index contributed by atoms with van der Waals surface area (Å²) >= 11 is 5.40. The van der Waals surface area contributed by atoms with E-state index in [1.54, 1.807) is 0 Å². The first-order valence-electron chi connectivity index (χ1n) is 8.75. The first-order valence-corrected chi connectivity index (χ1v) is 9.16. The molecule has 22 heavy (non-hydrogen) atoms. The minimum atomic E-state index is 0.614. The van der Waals surface area contributed by atoms with Gasteiger partial charge in [0.1, 0.15) is 0 Å². The van der Waals surface area contributed by atoms with Gasteiger partial charge in [0.25, 0.3) is 0 Å². The summed E-state index contributed by atoms with van der Waals surface area (Å²) in [7, 11) is 0. The number of rotatable bonds is 9. The summed E-state index contributed by atoms with van der Waals surface area (Å²) in [4.78, 5) is 0. The molecule has 0 saturated heterocycles. The summed E-state index contributed by atoms with van der Waals surface area (Å²) in [5.74, 6) is 1.33. The third-order valence-corrected chi connectivity index (χ3v) is 4.69. The highest BCUT2D eigenvalue weighted by atomic mass is 32.1. The van der Waals surface area contributed by atoms with Crippen LogP contribution in [0, 0.1) is 5.92 Å². The SMILES string of the molecule is CCCC[C@H](CC)CNC(=S)Nc1ccc([C@@H](C)CC)cc1. The molecule has 0 spiro atoms. The van der Waals surface area contributed by atoms with Crippen LogP contribution in [0.2, 0.25) is 0 Å². The van der Waals surface area contributed by atoms with Gasteiger partial charge in [0.05, 0.1) is 0 Å². The Morgan fingerprint density at radius 1 is 1.09 bits per heavy atom. The van der Waals surface area contributed by atoms with Crippen LogP contribution in [-0.2, 0) is 0 Å². The lowest BCUT2D eigenvalue weighted by atomic mass is 9.99. The van der Waals surface area contributed by atoms with Gasteiger partial charge in [-0.1, -0.05) is 59.1 Å². The van der Waals surface area contributed by atoms with E-state index in [-0.39, 0.29) is 0 Å². The predicted molar refractivity (Wildman–Crippen MR) is 103 cm³/mol. The van der Waals surface area contributed by atoms with Gasteiger partial charge in [-0.25, -0.2) is 0 Å². The molecule has 0 amide bonds. The van der Waals surface area contributed by atoms with Crippen LogP contribution in [0.15, 0.2) is 24.3 Å². The van der Waals surface area contributed by atoms with Gasteiger partial charge in [0.15, 0.2) is 5.11 Å². The molecule has 0 saturated carbocycles. The van der Waals surface area contributed by atoms with Crippen molar-refractivity contribution in [3.63, 3.8) is 0 Å². The Morgan fingerprint density at radius 3 is 2.32 bits per heavy atom. The molecule has 0 aliphatic rings. The van der Waals surface area contributed by atoms with E-state index in [1.807, 2.05) is 0 Å². The summed E-state index contributed by atoms with van der Waals surface area (Å²) in [6, 6.07) is 8.61. The predicted octanol–water partition coefficient (Wildman–Crippen LogP) is 5.70. The number of hydrogen-bond donors (Lipinski definition) is 2. The molecule has 0 heterocycles. The van der Waals surface area contributed by atoms with Crippen molar-refractivity contribution in [2.45, 2.75) is 65.7 Å². The number of unbranched alkanes of at least 4 members (excludes halogenated alkanes) is 1. The Hall–Kier alpha value is -1.09. The number of hydrogen-bond acceptors (Lipinski definition) is 1. The zero-order valence-corrected chi connectivity index (χ0v) is 15.4. The molecule has 0 fully saturated rings. The van der Waals surface area contributed by atoms with Gasteiger partial charge >= 0.3 is 0 Å². The van der Waals surface area contributed by atoms with E-state index in [4.69, 9.17) is 12.2 Å². The Morgan fingerprint density at radius 2 is 1.77 bits per heavy atom. The molecule has 1 aromatic rings. The second-order valence-corrected chi connectivity index (χ2v) is 6.59. The van der Waals surface area contributed by atoms with Crippen molar-refractivity contribution < 1.29 is 0 Å². The number of nitrogens with one attached hydrogen (secondary N) is 2. The largest absolute Gasteiger partial charge is 0.362 e. The molecule has 3 heteroatoms. The molecule has 124 valence electrons. The van der Waals surface area contributed by atoms with Crippen molar-refractivity contribution in [1.29, 1.82) is 0 Å². The Labute approximate surface area is 142 Å². The minimum Gasteiger partial charge on any atom is -0.362 e. The lowest BCUT2D eigenvalue weighted by Gasteiger charge is -2.17. The highest BCUT2D eigenvalue weighted by Gasteiger charge is 2.07. The summed E-state index contributed by atoms with van der Waals surface area (Å²) in [5, 5.41) is 7.37. The molecular formula is C19H32N2S. The van der Waals surface area contributed by atoms with Gasteiger partial charge in [-0.3, -0.25) is 0 Å². The Bertz CT molecular complexity index is 428. The molecule has 0 bridgehead atoms. The zero-order valence-electron chi connectivity index (χ0n) is 14.6. The average Bonchev–Trinajstić information content (AvgIpc) is 2.55. The molecule has 2 nitrogen and oxygen atoms in total. The summed E-state index contributed by atoms with van der Waals surface area (Å²) in [5.41, 5.74) is 2.45. The van der Waals surface area contributed by atoms with Crippen LogP contribution in [0.5, 0.6) is 0 Å². The standard InChI is InChI=1S/C19H32N2S/c1-5-8-9-16(7-3)14-20-19(22)21-18-12-10-17(11-13-18)15(4)6-2/h10-13,15-16H,5-9,14H2,1-4H3,(H2,20,21,22)/t15-,16-/m0/s1. The van der Waals surface area contributed by atoms with Crippen molar-refractivity contribution in [3.8, 4) is 0 Å². The highest BCUT2D eigenvalue weighted by Crippen LogP contribution is 2.20. The van der Waals surface area contributed by atoms with Crippen LogP contribution in [0.4, 0.5) is 5.69 Å². The fraction of sp³-hybridized carbons (Fsp3) is 0.632. The van der Waals surface area contributed by atoms with Gasteiger partial charge in [-0.2, -0.15) is 0 Å². The number of anilines is 1. The monoisotopic (exact) mass is 320 g/mol. The lowest BCUT2D eigenvalue weighted by Crippen LogP contribution is -2.32.